The molecule has 1 fully saturated rings. The van der Waals surface area contributed by atoms with E-state index in [9.17, 15) is 9.59 Å². The summed E-state index contributed by atoms with van der Waals surface area (Å²) in [6.45, 7) is 0.535. The van der Waals surface area contributed by atoms with Gasteiger partial charge in [-0.25, -0.2) is 0 Å². The third kappa shape index (κ3) is 3.27. The molecule has 0 heterocycles. The fourth-order valence-electron chi connectivity index (χ4n) is 1.89. The molecule has 0 radical (unpaired) electrons. The van der Waals surface area contributed by atoms with E-state index in [4.69, 9.17) is 16.2 Å². The first-order valence-corrected chi connectivity index (χ1v) is 6.59. The molecule has 108 valence electrons. The van der Waals surface area contributed by atoms with Gasteiger partial charge in [0.2, 0.25) is 11.8 Å². The van der Waals surface area contributed by atoms with Crippen LogP contribution in [0.3, 0.4) is 0 Å². The van der Waals surface area contributed by atoms with Crippen LogP contribution < -0.4 is 21.5 Å². The van der Waals surface area contributed by atoms with E-state index in [0.717, 1.165) is 12.8 Å². The van der Waals surface area contributed by atoms with Crippen molar-refractivity contribution in [2.24, 2.45) is 16.9 Å². The highest BCUT2D eigenvalue weighted by Crippen LogP contribution is 2.45. The summed E-state index contributed by atoms with van der Waals surface area (Å²) in [7, 11) is 0. The highest BCUT2D eigenvalue weighted by molar-refractivity contribution is 5.98. The molecule has 0 saturated heterocycles. The van der Waals surface area contributed by atoms with Gasteiger partial charge in [0.1, 0.15) is 5.75 Å². The molecule has 0 aromatic heterocycles. The Balaban J connectivity index is 2.00. The maximum Gasteiger partial charge on any atom is 0.231 e. The van der Waals surface area contributed by atoms with Crippen LogP contribution in [0.15, 0.2) is 24.3 Å². The highest BCUT2D eigenvalue weighted by Gasteiger charge is 2.48. The molecule has 1 aliphatic carbocycles. The summed E-state index contributed by atoms with van der Waals surface area (Å²) in [5.74, 6) is 0.0208. The number of nitrogens with two attached hydrogens (primary N) is 2. The first-order chi connectivity index (χ1) is 9.57. The normalized spacial score (nSPS) is 15.4. The zero-order chi connectivity index (χ0) is 14.6. The maximum atomic E-state index is 12.1. The molecule has 1 aromatic rings. The fourth-order valence-corrected chi connectivity index (χ4v) is 1.89. The minimum atomic E-state index is -0.424. The van der Waals surface area contributed by atoms with Crippen LogP contribution in [0.2, 0.25) is 0 Å². The molecule has 0 aliphatic heterocycles. The summed E-state index contributed by atoms with van der Waals surface area (Å²) in [6.07, 6.45) is 1.77. The van der Waals surface area contributed by atoms with Gasteiger partial charge < -0.3 is 21.5 Å². The van der Waals surface area contributed by atoms with E-state index >= 15 is 0 Å². The molecular formula is C14H19N3O3. The first-order valence-electron chi connectivity index (χ1n) is 6.59. The van der Waals surface area contributed by atoms with Gasteiger partial charge in [-0.1, -0.05) is 12.1 Å². The van der Waals surface area contributed by atoms with Crippen LogP contribution in [0.5, 0.6) is 5.75 Å². The molecule has 6 heteroatoms. The number of anilines is 1. The van der Waals surface area contributed by atoms with E-state index in [0.29, 0.717) is 18.0 Å². The van der Waals surface area contributed by atoms with Crippen molar-refractivity contribution in [2.75, 3.05) is 18.5 Å². The summed E-state index contributed by atoms with van der Waals surface area (Å²) in [5.41, 5.74) is 10.9. The van der Waals surface area contributed by atoms with Crippen molar-refractivity contribution >= 4 is 17.5 Å². The average Bonchev–Trinajstić information content (AvgIpc) is 3.21. The number of hydrogen-bond donors (Lipinski definition) is 3. The van der Waals surface area contributed by atoms with Gasteiger partial charge in [0.05, 0.1) is 24.1 Å². The van der Waals surface area contributed by atoms with Crippen molar-refractivity contribution in [2.45, 2.75) is 19.3 Å². The van der Waals surface area contributed by atoms with Gasteiger partial charge in [-0.15, -0.1) is 0 Å². The number of benzene rings is 1. The molecule has 6 nitrogen and oxygen atoms in total. The molecule has 2 rings (SSSR count). The van der Waals surface area contributed by atoms with E-state index in [1.807, 2.05) is 0 Å². The zero-order valence-electron chi connectivity index (χ0n) is 11.2. The third-order valence-corrected chi connectivity index (χ3v) is 3.47. The molecule has 0 spiro atoms. The van der Waals surface area contributed by atoms with Crippen LogP contribution in [0, 0.1) is 5.41 Å². The Bertz CT molecular complexity index is 512. The van der Waals surface area contributed by atoms with Crippen LogP contribution in [0.25, 0.3) is 0 Å². The van der Waals surface area contributed by atoms with Gasteiger partial charge in [-0.3, -0.25) is 9.59 Å². The predicted molar refractivity (Wildman–Crippen MR) is 75.1 cm³/mol. The molecule has 0 atom stereocenters. The highest BCUT2D eigenvalue weighted by atomic mass is 16.5. The monoisotopic (exact) mass is 277 g/mol. The van der Waals surface area contributed by atoms with Crippen molar-refractivity contribution < 1.29 is 14.3 Å². The number of carbonyl (C=O) groups is 2. The van der Waals surface area contributed by atoms with Crippen LogP contribution in [-0.4, -0.2) is 25.0 Å². The Labute approximate surface area is 117 Å². The van der Waals surface area contributed by atoms with E-state index in [2.05, 4.69) is 5.32 Å². The smallest absolute Gasteiger partial charge is 0.231 e. The number of hydrogen-bond acceptors (Lipinski definition) is 4. The van der Waals surface area contributed by atoms with E-state index in [1.165, 1.54) is 0 Å². The quantitative estimate of drug-likeness (QED) is 0.679. The van der Waals surface area contributed by atoms with Gasteiger partial charge in [0.25, 0.3) is 0 Å². The van der Waals surface area contributed by atoms with Gasteiger partial charge >= 0.3 is 0 Å². The van der Waals surface area contributed by atoms with Crippen molar-refractivity contribution in [3.05, 3.63) is 24.3 Å². The predicted octanol–water partition coefficient (Wildman–Crippen LogP) is 0.618. The number of nitrogens with one attached hydrogen (secondary N) is 1. The SMILES string of the molecule is NCC1(C(=O)Nc2ccccc2OCCC(N)=O)CC1. The lowest BCUT2D eigenvalue weighted by Crippen LogP contribution is -2.31. The molecule has 2 amide bonds. The van der Waals surface area contributed by atoms with Gasteiger partial charge in [0.15, 0.2) is 0 Å². The number of carbonyl (C=O) groups excluding carboxylic acids is 2. The number of para-hydroxylation sites is 2. The number of amides is 2. The fraction of sp³-hybridized carbons (Fsp3) is 0.429. The van der Waals surface area contributed by atoms with Gasteiger partial charge in [-0.05, 0) is 25.0 Å². The second-order valence-corrected chi connectivity index (χ2v) is 5.00. The van der Waals surface area contributed by atoms with Crippen molar-refractivity contribution in [3.63, 3.8) is 0 Å². The molecule has 0 bridgehead atoms. The Morgan fingerprint density at radius 1 is 1.30 bits per heavy atom. The lowest BCUT2D eigenvalue weighted by Gasteiger charge is -2.15. The lowest BCUT2D eigenvalue weighted by molar-refractivity contribution is -0.121. The van der Waals surface area contributed by atoms with E-state index < -0.39 is 11.3 Å². The Morgan fingerprint density at radius 3 is 2.60 bits per heavy atom. The van der Waals surface area contributed by atoms with Crippen molar-refractivity contribution in [3.8, 4) is 5.75 Å². The van der Waals surface area contributed by atoms with E-state index in [-0.39, 0.29) is 18.9 Å². The van der Waals surface area contributed by atoms with Crippen LogP contribution in [0.1, 0.15) is 19.3 Å². The minimum absolute atomic E-state index is 0.0778. The van der Waals surface area contributed by atoms with Gasteiger partial charge in [0, 0.05) is 6.54 Å². The molecule has 0 unspecified atom stereocenters. The summed E-state index contributed by atoms with van der Waals surface area (Å²) in [6, 6.07) is 7.09. The van der Waals surface area contributed by atoms with Crippen molar-refractivity contribution in [1.82, 2.24) is 0 Å². The number of rotatable bonds is 7. The standard InChI is InChI=1S/C14H19N3O3/c15-9-14(6-7-14)13(19)17-10-3-1-2-4-11(10)20-8-5-12(16)18/h1-4H,5-9,15H2,(H2,16,18)(H,17,19). The molecule has 5 N–H and O–H groups in total. The van der Waals surface area contributed by atoms with Gasteiger partial charge in [-0.2, -0.15) is 0 Å². The summed E-state index contributed by atoms with van der Waals surface area (Å²) >= 11 is 0. The molecule has 1 aliphatic rings. The molecule has 20 heavy (non-hydrogen) atoms. The van der Waals surface area contributed by atoms with E-state index in [1.54, 1.807) is 24.3 Å². The average molecular weight is 277 g/mol. The van der Waals surface area contributed by atoms with Crippen molar-refractivity contribution in [1.29, 1.82) is 0 Å². The van der Waals surface area contributed by atoms with Crippen LogP contribution >= 0.6 is 0 Å². The molecular weight excluding hydrogens is 258 g/mol. The largest absolute Gasteiger partial charge is 0.491 e. The van der Waals surface area contributed by atoms with Crippen LogP contribution in [-0.2, 0) is 9.59 Å². The lowest BCUT2D eigenvalue weighted by atomic mass is 10.1. The topological polar surface area (TPSA) is 107 Å². The molecule has 1 aromatic carbocycles. The first kappa shape index (κ1) is 14.3. The second-order valence-electron chi connectivity index (χ2n) is 5.00. The Kier molecular flexibility index (Phi) is 4.24. The summed E-state index contributed by atoms with van der Waals surface area (Å²) in [5, 5.41) is 2.84. The number of primary amides is 1. The summed E-state index contributed by atoms with van der Waals surface area (Å²) < 4.78 is 5.47. The Morgan fingerprint density at radius 2 is 2.00 bits per heavy atom. The molecule has 1 saturated carbocycles. The van der Waals surface area contributed by atoms with Crippen LogP contribution in [0.4, 0.5) is 5.69 Å². The summed E-state index contributed by atoms with van der Waals surface area (Å²) in [4.78, 5) is 22.8. The Hall–Kier alpha value is -2.08. The minimum Gasteiger partial charge on any atom is -0.491 e. The number of ether oxygens (including phenoxy) is 1. The zero-order valence-corrected chi connectivity index (χ0v) is 11.2. The third-order valence-electron chi connectivity index (χ3n) is 3.47. The maximum absolute atomic E-state index is 12.1. The second kappa shape index (κ2) is 5.92.